The minimum Gasteiger partial charge on any atom is -0.344 e. The monoisotopic (exact) mass is 302 g/mol. The molecule has 0 spiro atoms. The van der Waals surface area contributed by atoms with Gasteiger partial charge in [0.2, 0.25) is 11.8 Å². The van der Waals surface area contributed by atoms with Crippen LogP contribution < -0.4 is 5.32 Å². The first-order chi connectivity index (χ1) is 10.6. The summed E-state index contributed by atoms with van der Waals surface area (Å²) in [6.07, 6.45) is 4.16. The molecule has 0 aromatic carbocycles. The number of carbonyl (C=O) groups is 3. The predicted molar refractivity (Wildman–Crippen MR) is 77.9 cm³/mol. The van der Waals surface area contributed by atoms with E-state index in [0.29, 0.717) is 44.6 Å². The van der Waals surface area contributed by atoms with E-state index in [1.54, 1.807) is 34.3 Å². The molecule has 3 amide bonds. The fourth-order valence-electron chi connectivity index (χ4n) is 2.83. The van der Waals surface area contributed by atoms with E-state index in [0.717, 1.165) is 0 Å². The molecule has 1 unspecified atom stereocenters. The number of nitrogens with zero attached hydrogens (tertiary/aromatic N) is 3. The van der Waals surface area contributed by atoms with Crippen molar-refractivity contribution in [2.45, 2.75) is 18.9 Å². The second-order valence-corrected chi connectivity index (χ2v) is 5.51. The van der Waals surface area contributed by atoms with Crippen LogP contribution in [-0.2, 0) is 9.59 Å². The summed E-state index contributed by atoms with van der Waals surface area (Å²) < 4.78 is 0. The Balaban J connectivity index is 1.55. The lowest BCUT2D eigenvalue weighted by Gasteiger charge is -2.35. The van der Waals surface area contributed by atoms with E-state index >= 15 is 0 Å². The summed E-state index contributed by atoms with van der Waals surface area (Å²) in [6, 6.07) is 2.98. The lowest BCUT2D eigenvalue weighted by molar-refractivity contribution is -0.135. The molecule has 0 bridgehead atoms. The van der Waals surface area contributed by atoms with Gasteiger partial charge >= 0.3 is 0 Å². The van der Waals surface area contributed by atoms with Crippen molar-refractivity contribution in [2.75, 3.05) is 26.2 Å². The lowest BCUT2D eigenvalue weighted by Crippen LogP contribution is -2.54. The second kappa shape index (κ2) is 6.13. The molecule has 7 nitrogen and oxygen atoms in total. The molecule has 2 aliphatic heterocycles. The van der Waals surface area contributed by atoms with Gasteiger partial charge < -0.3 is 15.1 Å². The molecule has 2 aliphatic rings. The molecule has 3 rings (SSSR count). The van der Waals surface area contributed by atoms with Crippen LogP contribution in [0.2, 0.25) is 0 Å². The maximum absolute atomic E-state index is 12.3. The van der Waals surface area contributed by atoms with Gasteiger partial charge in [-0.25, -0.2) is 0 Å². The molecule has 3 heterocycles. The Labute approximate surface area is 128 Å². The van der Waals surface area contributed by atoms with Gasteiger partial charge in [-0.2, -0.15) is 0 Å². The topological polar surface area (TPSA) is 82.6 Å². The zero-order valence-electron chi connectivity index (χ0n) is 12.2. The number of aromatic nitrogens is 1. The van der Waals surface area contributed by atoms with Gasteiger partial charge in [0, 0.05) is 50.6 Å². The molecule has 7 heteroatoms. The number of pyridine rings is 1. The summed E-state index contributed by atoms with van der Waals surface area (Å²) in [5, 5.41) is 2.69. The van der Waals surface area contributed by atoms with E-state index in [1.807, 2.05) is 0 Å². The third-order valence-corrected chi connectivity index (χ3v) is 4.10. The molecule has 1 aromatic rings. The molecule has 0 radical (unpaired) electrons. The van der Waals surface area contributed by atoms with Crippen molar-refractivity contribution in [3.8, 4) is 0 Å². The number of amides is 3. The third-order valence-electron chi connectivity index (χ3n) is 4.10. The SMILES string of the molecule is O=C1CCC(C(=O)N2CCN(C(=O)c3ccncc3)CC2)N1. The highest BCUT2D eigenvalue weighted by atomic mass is 16.2. The summed E-state index contributed by atoms with van der Waals surface area (Å²) in [4.78, 5) is 43.2. The molecule has 1 N–H and O–H groups in total. The predicted octanol–water partition coefficient (Wildman–Crippen LogP) is -0.355. The number of carbonyl (C=O) groups excluding carboxylic acids is 3. The van der Waals surface area contributed by atoms with E-state index in [2.05, 4.69) is 10.3 Å². The Kier molecular flexibility index (Phi) is 4.04. The average molecular weight is 302 g/mol. The van der Waals surface area contributed by atoms with Gasteiger partial charge in [0.15, 0.2) is 0 Å². The van der Waals surface area contributed by atoms with Crippen molar-refractivity contribution >= 4 is 17.7 Å². The van der Waals surface area contributed by atoms with Crippen molar-refractivity contribution in [3.63, 3.8) is 0 Å². The van der Waals surface area contributed by atoms with Gasteiger partial charge in [-0.1, -0.05) is 0 Å². The highest BCUT2D eigenvalue weighted by molar-refractivity contribution is 5.94. The highest BCUT2D eigenvalue weighted by Crippen LogP contribution is 2.13. The van der Waals surface area contributed by atoms with Gasteiger partial charge in [-0.15, -0.1) is 0 Å². The summed E-state index contributed by atoms with van der Waals surface area (Å²) >= 11 is 0. The molecule has 0 saturated carbocycles. The number of nitrogens with one attached hydrogen (secondary N) is 1. The molecular formula is C15H18N4O3. The van der Waals surface area contributed by atoms with Crippen molar-refractivity contribution in [1.82, 2.24) is 20.1 Å². The van der Waals surface area contributed by atoms with E-state index in [1.165, 1.54) is 0 Å². The fourth-order valence-corrected chi connectivity index (χ4v) is 2.83. The van der Waals surface area contributed by atoms with Crippen LogP contribution in [-0.4, -0.2) is 64.7 Å². The first-order valence-electron chi connectivity index (χ1n) is 7.42. The van der Waals surface area contributed by atoms with Gasteiger partial charge in [0.05, 0.1) is 0 Å². The van der Waals surface area contributed by atoms with E-state index in [9.17, 15) is 14.4 Å². The Hall–Kier alpha value is -2.44. The van der Waals surface area contributed by atoms with Crippen molar-refractivity contribution in [3.05, 3.63) is 30.1 Å². The van der Waals surface area contributed by atoms with E-state index in [4.69, 9.17) is 0 Å². The normalized spacial score (nSPS) is 21.6. The molecule has 0 aliphatic carbocycles. The van der Waals surface area contributed by atoms with Crippen LogP contribution in [0.25, 0.3) is 0 Å². The zero-order valence-corrected chi connectivity index (χ0v) is 12.2. The summed E-state index contributed by atoms with van der Waals surface area (Å²) in [5.41, 5.74) is 0.609. The summed E-state index contributed by atoms with van der Waals surface area (Å²) in [6.45, 7) is 2.02. The Morgan fingerprint density at radius 2 is 1.73 bits per heavy atom. The Morgan fingerprint density at radius 3 is 2.32 bits per heavy atom. The van der Waals surface area contributed by atoms with Crippen LogP contribution in [0.3, 0.4) is 0 Å². The van der Waals surface area contributed by atoms with Crippen molar-refractivity contribution in [2.24, 2.45) is 0 Å². The largest absolute Gasteiger partial charge is 0.344 e. The number of rotatable bonds is 2. The average Bonchev–Trinajstić information content (AvgIpc) is 3.01. The van der Waals surface area contributed by atoms with Crippen LogP contribution in [0.4, 0.5) is 0 Å². The van der Waals surface area contributed by atoms with Crippen LogP contribution in [0.15, 0.2) is 24.5 Å². The minimum absolute atomic E-state index is 0.0383. The maximum Gasteiger partial charge on any atom is 0.254 e. The molecular weight excluding hydrogens is 284 g/mol. The minimum atomic E-state index is -0.394. The number of hydrogen-bond donors (Lipinski definition) is 1. The van der Waals surface area contributed by atoms with Gasteiger partial charge in [0.1, 0.15) is 6.04 Å². The first kappa shape index (κ1) is 14.5. The smallest absolute Gasteiger partial charge is 0.254 e. The number of piperazine rings is 1. The zero-order chi connectivity index (χ0) is 15.5. The van der Waals surface area contributed by atoms with E-state index in [-0.39, 0.29) is 17.7 Å². The van der Waals surface area contributed by atoms with Crippen molar-refractivity contribution < 1.29 is 14.4 Å². The summed E-state index contributed by atoms with van der Waals surface area (Å²) in [7, 11) is 0. The maximum atomic E-state index is 12.3. The first-order valence-corrected chi connectivity index (χ1v) is 7.42. The van der Waals surface area contributed by atoms with Gasteiger partial charge in [-0.3, -0.25) is 19.4 Å². The molecule has 1 aromatic heterocycles. The standard InChI is InChI=1S/C15H18N4O3/c20-13-2-1-12(17-13)15(22)19-9-7-18(8-10-19)14(21)11-3-5-16-6-4-11/h3-6,12H,1-2,7-10H2,(H,17,20). The number of hydrogen-bond acceptors (Lipinski definition) is 4. The molecule has 1 atom stereocenters. The molecule has 2 saturated heterocycles. The van der Waals surface area contributed by atoms with Crippen LogP contribution in [0.1, 0.15) is 23.2 Å². The second-order valence-electron chi connectivity index (χ2n) is 5.51. The fraction of sp³-hybridized carbons (Fsp3) is 0.467. The molecule has 22 heavy (non-hydrogen) atoms. The van der Waals surface area contributed by atoms with Crippen LogP contribution in [0, 0.1) is 0 Å². The van der Waals surface area contributed by atoms with Crippen LogP contribution in [0.5, 0.6) is 0 Å². The lowest BCUT2D eigenvalue weighted by atomic mass is 10.1. The van der Waals surface area contributed by atoms with Gasteiger partial charge in [0.25, 0.3) is 5.91 Å². The Morgan fingerprint density at radius 1 is 1.09 bits per heavy atom. The van der Waals surface area contributed by atoms with Gasteiger partial charge in [-0.05, 0) is 18.6 Å². The highest BCUT2D eigenvalue weighted by Gasteiger charge is 2.33. The summed E-state index contributed by atoms with van der Waals surface area (Å²) in [5.74, 6) is -0.143. The Bertz CT molecular complexity index is 582. The van der Waals surface area contributed by atoms with Crippen LogP contribution >= 0.6 is 0 Å². The molecule has 116 valence electrons. The van der Waals surface area contributed by atoms with E-state index < -0.39 is 6.04 Å². The molecule has 2 fully saturated rings. The van der Waals surface area contributed by atoms with Crippen molar-refractivity contribution in [1.29, 1.82) is 0 Å². The third kappa shape index (κ3) is 2.93. The quantitative estimate of drug-likeness (QED) is 0.809.